The summed E-state index contributed by atoms with van der Waals surface area (Å²) in [6.07, 6.45) is 6.96. The van der Waals surface area contributed by atoms with Crippen LogP contribution in [0.1, 0.15) is 58.4 Å². The van der Waals surface area contributed by atoms with Crippen molar-refractivity contribution < 1.29 is 23.9 Å². The van der Waals surface area contributed by atoms with Gasteiger partial charge in [0, 0.05) is 37.8 Å². The lowest BCUT2D eigenvalue weighted by molar-refractivity contribution is -0.133. The van der Waals surface area contributed by atoms with Gasteiger partial charge >= 0.3 is 6.09 Å². The first-order chi connectivity index (χ1) is 19.5. The van der Waals surface area contributed by atoms with Crippen LogP contribution < -0.4 is 16.4 Å². The maximum Gasteiger partial charge on any atom is 0.408 e. The van der Waals surface area contributed by atoms with Crippen LogP contribution >= 0.6 is 0 Å². The van der Waals surface area contributed by atoms with Crippen LogP contribution in [-0.4, -0.2) is 82.6 Å². The summed E-state index contributed by atoms with van der Waals surface area (Å²) in [5.74, 6) is -1.04. The Morgan fingerprint density at radius 3 is 2.37 bits per heavy atom. The van der Waals surface area contributed by atoms with Crippen molar-refractivity contribution in [3.8, 4) is 11.1 Å². The highest BCUT2D eigenvalue weighted by atomic mass is 16.6. The molecule has 11 heteroatoms. The second-order valence-electron chi connectivity index (χ2n) is 12.0. The number of nitrogens with two attached hydrogens (primary N) is 1. The van der Waals surface area contributed by atoms with E-state index in [2.05, 4.69) is 20.6 Å². The number of carbonyl (C=O) groups excluding carboxylic acids is 3. The lowest BCUT2D eigenvalue weighted by Gasteiger charge is -2.37. The predicted octanol–water partition coefficient (Wildman–Crippen LogP) is 2.62. The Hall–Kier alpha value is -3.44. The van der Waals surface area contributed by atoms with Crippen molar-refractivity contribution in [1.29, 1.82) is 0 Å². The molecule has 2 heterocycles. The quantitative estimate of drug-likeness (QED) is 0.400. The Morgan fingerprint density at radius 2 is 1.73 bits per heavy atom. The maximum atomic E-state index is 13.5. The average Bonchev–Trinajstić information content (AvgIpc) is 3.41. The molecule has 3 amide bonds. The first kappa shape index (κ1) is 30.5. The molecule has 4 rings (SSSR count). The van der Waals surface area contributed by atoms with Gasteiger partial charge in [-0.1, -0.05) is 43.5 Å². The topological polar surface area (TPSA) is 141 Å². The molecule has 2 aliphatic rings. The van der Waals surface area contributed by atoms with Gasteiger partial charge in [-0.25, -0.2) is 4.79 Å². The molecule has 1 aliphatic carbocycles. The van der Waals surface area contributed by atoms with Crippen molar-refractivity contribution in [1.82, 2.24) is 25.3 Å². The minimum absolute atomic E-state index is 0.239. The fraction of sp³-hybridized carbons (Fsp3) is 0.600. The van der Waals surface area contributed by atoms with Crippen LogP contribution in [-0.2, 0) is 32.0 Å². The number of primary amides is 1. The third kappa shape index (κ3) is 8.77. The standard InChI is InChI=1S/C30H44N6O5/c1-29(2,3)41-28(39)34-30(11-5-4-6-12-30)27(38)33-25(26(31)37)19-22-7-9-23(10-8-22)24-20-32-36(21-24)14-13-35-15-17-40-18-16-35/h7-10,20-21,25H,4-6,11-19H2,1-3H3,(H2,31,37)(H,33,38)(H,34,39)/t25-/m0/s1. The van der Waals surface area contributed by atoms with E-state index in [0.717, 1.165) is 75.3 Å². The average molecular weight is 569 g/mol. The third-order valence-electron chi connectivity index (χ3n) is 7.64. The number of benzene rings is 1. The fourth-order valence-electron chi connectivity index (χ4n) is 5.35. The van der Waals surface area contributed by atoms with E-state index in [1.165, 1.54) is 0 Å². The predicted molar refractivity (Wildman–Crippen MR) is 155 cm³/mol. The molecule has 1 atom stereocenters. The van der Waals surface area contributed by atoms with Gasteiger partial charge < -0.3 is 25.8 Å². The largest absolute Gasteiger partial charge is 0.444 e. The van der Waals surface area contributed by atoms with Gasteiger partial charge in [0.2, 0.25) is 11.8 Å². The molecule has 41 heavy (non-hydrogen) atoms. The molecule has 0 unspecified atom stereocenters. The number of nitrogens with zero attached hydrogens (tertiary/aromatic N) is 3. The van der Waals surface area contributed by atoms with E-state index in [9.17, 15) is 14.4 Å². The lowest BCUT2D eigenvalue weighted by Crippen LogP contribution is -2.63. The molecule has 2 fully saturated rings. The number of nitrogens with one attached hydrogen (secondary N) is 2. The molecule has 1 saturated carbocycles. The molecule has 1 saturated heterocycles. The van der Waals surface area contributed by atoms with Crippen LogP contribution in [0.4, 0.5) is 4.79 Å². The summed E-state index contributed by atoms with van der Waals surface area (Å²) in [6.45, 7) is 10.5. The zero-order valence-corrected chi connectivity index (χ0v) is 24.5. The third-order valence-corrected chi connectivity index (χ3v) is 7.64. The van der Waals surface area contributed by atoms with Gasteiger partial charge in [0.25, 0.3) is 0 Å². The van der Waals surface area contributed by atoms with E-state index in [0.29, 0.717) is 12.8 Å². The lowest BCUT2D eigenvalue weighted by atomic mass is 9.80. The van der Waals surface area contributed by atoms with Crippen molar-refractivity contribution >= 4 is 17.9 Å². The van der Waals surface area contributed by atoms with E-state index >= 15 is 0 Å². The highest BCUT2D eigenvalue weighted by molar-refractivity contribution is 5.94. The maximum absolute atomic E-state index is 13.5. The van der Waals surface area contributed by atoms with Gasteiger partial charge in [-0.2, -0.15) is 5.10 Å². The van der Waals surface area contributed by atoms with Crippen molar-refractivity contribution in [2.24, 2.45) is 5.73 Å². The number of aromatic nitrogens is 2. The molecule has 4 N–H and O–H groups in total. The molecule has 0 radical (unpaired) electrons. The Balaban J connectivity index is 1.37. The Bertz CT molecular complexity index is 1180. The molecule has 0 spiro atoms. The molecular weight excluding hydrogens is 524 g/mol. The van der Waals surface area contributed by atoms with Gasteiger partial charge in [0.1, 0.15) is 17.2 Å². The summed E-state index contributed by atoms with van der Waals surface area (Å²) in [6, 6.07) is 6.89. The summed E-state index contributed by atoms with van der Waals surface area (Å²) in [7, 11) is 0. The number of alkyl carbamates (subject to hydrolysis) is 1. The highest BCUT2D eigenvalue weighted by Crippen LogP contribution is 2.29. The molecular formula is C30H44N6O5. The number of hydrogen-bond acceptors (Lipinski definition) is 7. The summed E-state index contributed by atoms with van der Waals surface area (Å²) in [4.78, 5) is 40.9. The summed E-state index contributed by atoms with van der Waals surface area (Å²) >= 11 is 0. The van der Waals surface area contributed by atoms with Crippen LogP contribution in [0.2, 0.25) is 0 Å². The van der Waals surface area contributed by atoms with Crippen LogP contribution in [0.5, 0.6) is 0 Å². The van der Waals surface area contributed by atoms with Crippen molar-refractivity contribution in [2.45, 2.75) is 83.0 Å². The summed E-state index contributed by atoms with van der Waals surface area (Å²) in [5, 5.41) is 10.1. The van der Waals surface area contributed by atoms with E-state index in [1.54, 1.807) is 20.8 Å². The first-order valence-corrected chi connectivity index (χ1v) is 14.6. The Morgan fingerprint density at radius 1 is 1.05 bits per heavy atom. The number of ether oxygens (including phenoxy) is 2. The number of carbonyl (C=O) groups is 3. The highest BCUT2D eigenvalue weighted by Gasteiger charge is 2.43. The van der Waals surface area contributed by atoms with Crippen molar-refractivity contribution in [3.05, 3.63) is 42.2 Å². The Kier molecular flexibility index (Phi) is 10.0. The van der Waals surface area contributed by atoms with E-state index < -0.39 is 35.1 Å². The van der Waals surface area contributed by atoms with E-state index in [1.807, 2.05) is 41.3 Å². The molecule has 1 aromatic heterocycles. The van der Waals surface area contributed by atoms with Crippen LogP contribution in [0.25, 0.3) is 11.1 Å². The second kappa shape index (κ2) is 13.5. The summed E-state index contributed by atoms with van der Waals surface area (Å²) in [5.41, 5.74) is 6.75. The second-order valence-corrected chi connectivity index (χ2v) is 12.0. The van der Waals surface area contributed by atoms with E-state index in [4.69, 9.17) is 15.2 Å². The SMILES string of the molecule is CC(C)(C)OC(=O)NC1(C(=O)N[C@@H](Cc2ccc(-c3cnn(CCN4CCOCC4)c3)cc2)C(N)=O)CCCCC1. The molecule has 1 aromatic carbocycles. The van der Waals surface area contributed by atoms with Gasteiger partial charge in [-0.05, 0) is 44.7 Å². The fourth-order valence-corrected chi connectivity index (χ4v) is 5.35. The number of hydrogen-bond donors (Lipinski definition) is 3. The summed E-state index contributed by atoms with van der Waals surface area (Å²) < 4.78 is 12.8. The van der Waals surface area contributed by atoms with Gasteiger partial charge in [-0.3, -0.25) is 19.2 Å². The first-order valence-electron chi connectivity index (χ1n) is 14.6. The monoisotopic (exact) mass is 568 g/mol. The van der Waals surface area contributed by atoms with Gasteiger partial charge in [-0.15, -0.1) is 0 Å². The van der Waals surface area contributed by atoms with Crippen LogP contribution in [0, 0.1) is 0 Å². The number of amides is 3. The normalized spacial score (nSPS) is 18.3. The Labute approximate surface area is 242 Å². The number of rotatable bonds is 10. The van der Waals surface area contributed by atoms with Crippen LogP contribution in [0.15, 0.2) is 36.7 Å². The molecule has 11 nitrogen and oxygen atoms in total. The van der Waals surface area contributed by atoms with Crippen molar-refractivity contribution in [2.75, 3.05) is 32.8 Å². The minimum atomic E-state index is -1.14. The van der Waals surface area contributed by atoms with Gasteiger partial charge in [0.05, 0.1) is 26.0 Å². The smallest absolute Gasteiger partial charge is 0.408 e. The zero-order valence-electron chi connectivity index (χ0n) is 24.5. The van der Waals surface area contributed by atoms with Crippen molar-refractivity contribution in [3.63, 3.8) is 0 Å². The van der Waals surface area contributed by atoms with E-state index in [-0.39, 0.29) is 6.42 Å². The molecule has 224 valence electrons. The van der Waals surface area contributed by atoms with Crippen LogP contribution in [0.3, 0.4) is 0 Å². The molecule has 1 aliphatic heterocycles. The molecule has 0 bridgehead atoms. The minimum Gasteiger partial charge on any atom is -0.444 e. The van der Waals surface area contributed by atoms with Gasteiger partial charge in [0.15, 0.2) is 0 Å². The zero-order chi connectivity index (χ0) is 29.5. The molecule has 2 aromatic rings. The number of morpholine rings is 1.